The van der Waals surface area contributed by atoms with Gasteiger partial charge in [0.25, 0.3) is 5.22 Å². The van der Waals surface area contributed by atoms with Gasteiger partial charge >= 0.3 is 0 Å². The summed E-state index contributed by atoms with van der Waals surface area (Å²) in [5.41, 5.74) is 0.864. The number of carbonyl (C=O) groups is 1. The van der Waals surface area contributed by atoms with Crippen LogP contribution in [-0.2, 0) is 17.1 Å². The van der Waals surface area contributed by atoms with Gasteiger partial charge in [0.1, 0.15) is 5.76 Å². The zero-order valence-electron chi connectivity index (χ0n) is 13.6. The van der Waals surface area contributed by atoms with E-state index >= 15 is 0 Å². The Morgan fingerprint density at radius 3 is 3.04 bits per heavy atom. The number of thiophene rings is 1. The van der Waals surface area contributed by atoms with Crippen LogP contribution in [0.2, 0.25) is 0 Å². The third kappa shape index (κ3) is 3.62. The first-order chi connectivity index (χ1) is 12.2. The molecule has 1 fully saturated rings. The molecule has 3 aromatic heterocycles. The Morgan fingerprint density at radius 2 is 2.28 bits per heavy atom. The summed E-state index contributed by atoms with van der Waals surface area (Å²) < 4.78 is 11.4. The predicted octanol–water partition coefficient (Wildman–Crippen LogP) is 3.51. The number of aryl methyl sites for hydroxylation is 1. The van der Waals surface area contributed by atoms with Crippen LogP contribution in [0.25, 0.3) is 10.8 Å². The molecule has 0 saturated carbocycles. The maximum absolute atomic E-state index is 11.6. The number of aromatic nitrogens is 3. The summed E-state index contributed by atoms with van der Waals surface area (Å²) in [6, 6.07) is 3.95. The van der Waals surface area contributed by atoms with Crippen LogP contribution >= 0.6 is 23.1 Å². The Labute approximate surface area is 152 Å². The molecule has 1 aliphatic rings. The summed E-state index contributed by atoms with van der Waals surface area (Å²) in [7, 11) is 0. The van der Waals surface area contributed by atoms with Gasteiger partial charge in [-0.05, 0) is 24.8 Å². The number of likely N-dealkylation sites (tertiary alicyclic amines) is 1. The molecule has 1 saturated heterocycles. The minimum absolute atomic E-state index is 0.145. The van der Waals surface area contributed by atoms with Crippen LogP contribution in [0.3, 0.4) is 0 Å². The van der Waals surface area contributed by atoms with Crippen molar-refractivity contribution in [3.05, 3.63) is 34.9 Å². The van der Waals surface area contributed by atoms with Gasteiger partial charge in [-0.3, -0.25) is 4.79 Å². The number of nitrogens with zero attached hydrogens (tertiary/aromatic N) is 4. The SMILES string of the molecule is Cc1oc(-c2cccs2)nc1CSc1nnc(CN2CCCC2=O)o1. The van der Waals surface area contributed by atoms with E-state index in [0.717, 1.165) is 29.3 Å². The smallest absolute Gasteiger partial charge is 0.277 e. The zero-order valence-corrected chi connectivity index (χ0v) is 15.2. The molecule has 4 rings (SSSR count). The molecule has 0 aliphatic carbocycles. The summed E-state index contributed by atoms with van der Waals surface area (Å²) in [4.78, 5) is 18.9. The summed E-state index contributed by atoms with van der Waals surface area (Å²) in [5.74, 6) is 2.63. The first kappa shape index (κ1) is 16.3. The highest BCUT2D eigenvalue weighted by molar-refractivity contribution is 7.98. The van der Waals surface area contributed by atoms with E-state index in [1.54, 1.807) is 16.2 Å². The Hall–Kier alpha value is -2.13. The van der Waals surface area contributed by atoms with Gasteiger partial charge in [0.15, 0.2) is 0 Å². The van der Waals surface area contributed by atoms with Gasteiger partial charge in [0.2, 0.25) is 17.7 Å². The van der Waals surface area contributed by atoms with Gasteiger partial charge in [-0.15, -0.1) is 21.5 Å². The molecule has 1 aliphatic heterocycles. The Morgan fingerprint density at radius 1 is 1.36 bits per heavy atom. The third-order valence-electron chi connectivity index (χ3n) is 3.90. The molecule has 1 amide bonds. The van der Waals surface area contributed by atoms with Crippen molar-refractivity contribution >= 4 is 29.0 Å². The minimum atomic E-state index is 0.145. The van der Waals surface area contributed by atoms with E-state index in [-0.39, 0.29) is 5.91 Å². The van der Waals surface area contributed by atoms with E-state index < -0.39 is 0 Å². The van der Waals surface area contributed by atoms with Crippen LogP contribution in [0, 0.1) is 6.92 Å². The first-order valence-electron chi connectivity index (χ1n) is 7.92. The van der Waals surface area contributed by atoms with E-state index in [2.05, 4.69) is 15.2 Å². The van der Waals surface area contributed by atoms with Gasteiger partial charge in [0.05, 0.1) is 17.1 Å². The second-order valence-corrected chi connectivity index (χ2v) is 7.54. The molecule has 0 aromatic carbocycles. The summed E-state index contributed by atoms with van der Waals surface area (Å²) in [5, 5.41) is 10.5. The van der Waals surface area contributed by atoms with Crippen LogP contribution in [0.4, 0.5) is 0 Å². The summed E-state index contributed by atoms with van der Waals surface area (Å²) >= 11 is 3.01. The molecule has 0 atom stereocenters. The fraction of sp³-hybridized carbons (Fsp3) is 0.375. The summed E-state index contributed by atoms with van der Waals surface area (Å²) in [6.07, 6.45) is 1.50. The largest absolute Gasteiger partial charge is 0.440 e. The van der Waals surface area contributed by atoms with Crippen LogP contribution in [0.15, 0.2) is 31.6 Å². The molecule has 0 unspecified atom stereocenters. The second kappa shape index (κ2) is 7.01. The monoisotopic (exact) mass is 376 g/mol. The highest BCUT2D eigenvalue weighted by atomic mass is 32.2. The van der Waals surface area contributed by atoms with Crippen molar-refractivity contribution in [2.24, 2.45) is 0 Å². The van der Waals surface area contributed by atoms with Gasteiger partial charge in [-0.1, -0.05) is 17.8 Å². The highest BCUT2D eigenvalue weighted by Crippen LogP contribution is 2.29. The van der Waals surface area contributed by atoms with E-state index in [9.17, 15) is 4.79 Å². The van der Waals surface area contributed by atoms with E-state index in [0.29, 0.717) is 35.7 Å². The number of amides is 1. The van der Waals surface area contributed by atoms with Gasteiger partial charge in [0, 0.05) is 18.7 Å². The van der Waals surface area contributed by atoms with Gasteiger partial charge < -0.3 is 13.7 Å². The number of rotatable bonds is 6. The summed E-state index contributed by atoms with van der Waals surface area (Å²) in [6.45, 7) is 3.05. The van der Waals surface area contributed by atoms with E-state index in [4.69, 9.17) is 8.83 Å². The molecule has 4 heterocycles. The Kier molecular flexibility index (Phi) is 4.58. The number of thioether (sulfide) groups is 1. The minimum Gasteiger partial charge on any atom is -0.440 e. The zero-order chi connectivity index (χ0) is 17.2. The average Bonchev–Trinajstić information content (AvgIpc) is 3.36. The van der Waals surface area contributed by atoms with Crippen LogP contribution in [0.1, 0.15) is 30.2 Å². The number of hydrogen-bond donors (Lipinski definition) is 0. The van der Waals surface area contributed by atoms with Crippen molar-refractivity contribution in [1.29, 1.82) is 0 Å². The molecule has 25 heavy (non-hydrogen) atoms. The van der Waals surface area contributed by atoms with Crippen molar-refractivity contribution in [3.8, 4) is 10.8 Å². The van der Waals surface area contributed by atoms with E-state index in [1.165, 1.54) is 11.8 Å². The maximum atomic E-state index is 11.6. The van der Waals surface area contributed by atoms with E-state index in [1.807, 2.05) is 24.4 Å². The fourth-order valence-electron chi connectivity index (χ4n) is 2.59. The molecule has 7 nitrogen and oxygen atoms in total. The highest BCUT2D eigenvalue weighted by Gasteiger charge is 2.22. The molecule has 0 radical (unpaired) electrons. The topological polar surface area (TPSA) is 85.3 Å². The maximum Gasteiger partial charge on any atom is 0.277 e. The normalized spacial score (nSPS) is 14.6. The quantitative estimate of drug-likeness (QED) is 0.609. The third-order valence-corrected chi connectivity index (χ3v) is 5.59. The van der Waals surface area contributed by atoms with Crippen molar-refractivity contribution in [3.63, 3.8) is 0 Å². The molecular weight excluding hydrogens is 360 g/mol. The lowest BCUT2D eigenvalue weighted by atomic mass is 10.4. The van der Waals surface area contributed by atoms with Crippen LogP contribution < -0.4 is 0 Å². The molecule has 3 aromatic rings. The van der Waals surface area contributed by atoms with Gasteiger partial charge in [-0.25, -0.2) is 4.98 Å². The number of carbonyl (C=O) groups excluding carboxylic acids is 1. The molecule has 9 heteroatoms. The average molecular weight is 376 g/mol. The standard InChI is InChI=1S/C16H16N4O3S2/c1-10-11(17-15(22-10)12-4-3-7-24-12)9-25-16-19-18-13(23-16)8-20-6-2-5-14(20)21/h3-4,7H,2,5-6,8-9H2,1H3. The van der Waals surface area contributed by atoms with Crippen LogP contribution in [0.5, 0.6) is 0 Å². The second-order valence-electron chi connectivity index (χ2n) is 5.67. The lowest BCUT2D eigenvalue weighted by Gasteiger charge is -2.11. The van der Waals surface area contributed by atoms with Crippen molar-refractivity contribution in [2.75, 3.05) is 6.54 Å². The lowest BCUT2D eigenvalue weighted by molar-refractivity contribution is -0.128. The lowest BCUT2D eigenvalue weighted by Crippen LogP contribution is -2.23. The predicted molar refractivity (Wildman–Crippen MR) is 93.1 cm³/mol. The molecule has 130 valence electrons. The molecule has 0 spiro atoms. The van der Waals surface area contributed by atoms with Gasteiger partial charge in [-0.2, -0.15) is 0 Å². The molecular formula is C16H16N4O3S2. The number of oxazole rings is 1. The number of hydrogen-bond acceptors (Lipinski definition) is 8. The Balaban J connectivity index is 1.38. The van der Waals surface area contributed by atoms with Crippen molar-refractivity contribution in [2.45, 2.75) is 37.3 Å². The molecule has 0 bridgehead atoms. The fourth-order valence-corrected chi connectivity index (χ4v) is 4.02. The Bertz CT molecular complexity index is 872. The van der Waals surface area contributed by atoms with Crippen molar-refractivity contribution in [1.82, 2.24) is 20.1 Å². The first-order valence-corrected chi connectivity index (χ1v) is 9.78. The van der Waals surface area contributed by atoms with Crippen LogP contribution in [-0.4, -0.2) is 32.5 Å². The van der Waals surface area contributed by atoms with Crippen molar-refractivity contribution < 1.29 is 13.6 Å². The molecule has 0 N–H and O–H groups in total.